The fourth-order valence-electron chi connectivity index (χ4n) is 7.28. The molecule has 55 heavy (non-hydrogen) atoms. The number of benzene rings is 4. The summed E-state index contributed by atoms with van der Waals surface area (Å²) in [5.41, 5.74) is 4.77. The van der Waals surface area contributed by atoms with Crippen LogP contribution in [0.4, 0.5) is 30.1 Å². The molecule has 0 aliphatic carbocycles. The van der Waals surface area contributed by atoms with Gasteiger partial charge in [-0.3, -0.25) is 34.8 Å². The zero-order valence-corrected chi connectivity index (χ0v) is 30.2. The van der Waals surface area contributed by atoms with Crippen LogP contribution in [0, 0.1) is 11.6 Å². The van der Waals surface area contributed by atoms with Crippen molar-refractivity contribution in [3.05, 3.63) is 124 Å². The van der Waals surface area contributed by atoms with Crippen molar-refractivity contribution in [2.75, 3.05) is 47.8 Å². The summed E-state index contributed by atoms with van der Waals surface area (Å²) in [6.07, 6.45) is 1.70. The minimum atomic E-state index is -1.31. The summed E-state index contributed by atoms with van der Waals surface area (Å²) < 4.78 is 29.5. The van der Waals surface area contributed by atoms with Gasteiger partial charge in [-0.25, -0.2) is 18.6 Å². The number of phenolic OH excluding ortho intramolecular Hbond substituents is 1. The third-order valence-electron chi connectivity index (χ3n) is 10.2. The standard InChI is InChI=1S/C40H35F2N7O5S/c41-28-6-10-34(50)32(20-28)36(37(52)45-39-43-12-18-55-39)49-23-26-2-1-25(19-31(26)38(49)53)24-3-7-29(8-4-24)47-16-14-46(15-17-47)22-27-5-9-30(21-33(27)42)48-13-11-35(51)44-40(48)54/h1-10,12,18-21,36,50H,11,13-17,22-23H2,(H,43,45,52)(H,44,51,54). The van der Waals surface area contributed by atoms with Crippen molar-refractivity contribution in [3.8, 4) is 16.9 Å². The summed E-state index contributed by atoms with van der Waals surface area (Å²) in [4.78, 5) is 62.4. The van der Waals surface area contributed by atoms with Gasteiger partial charge in [0.25, 0.3) is 11.8 Å². The second kappa shape index (κ2) is 14.9. The van der Waals surface area contributed by atoms with Gasteiger partial charge in [0.1, 0.15) is 23.4 Å². The summed E-state index contributed by atoms with van der Waals surface area (Å²) in [6.45, 7) is 3.65. The molecule has 5 aromatic rings. The Bertz CT molecular complexity index is 2300. The van der Waals surface area contributed by atoms with Crippen molar-refractivity contribution in [2.45, 2.75) is 25.6 Å². The Hall–Kier alpha value is -6.19. The molecule has 4 heterocycles. The topological polar surface area (TPSA) is 138 Å². The Kier molecular flexibility index (Phi) is 9.71. The quantitative estimate of drug-likeness (QED) is 0.169. The molecule has 0 radical (unpaired) electrons. The molecule has 1 atom stereocenters. The number of nitrogens with one attached hydrogen (secondary N) is 2. The molecule has 5 amide bonds. The number of carbonyl (C=O) groups is 4. The number of fused-ring (bicyclic) bond motifs is 1. The maximum absolute atomic E-state index is 15.1. The molecule has 2 saturated heterocycles. The summed E-state index contributed by atoms with van der Waals surface area (Å²) in [7, 11) is 0. The van der Waals surface area contributed by atoms with Crippen LogP contribution < -0.4 is 20.4 Å². The third kappa shape index (κ3) is 7.35. The Balaban J connectivity index is 0.916. The highest BCUT2D eigenvalue weighted by Gasteiger charge is 2.39. The number of rotatable bonds is 9. The van der Waals surface area contributed by atoms with Crippen LogP contribution >= 0.6 is 11.3 Å². The van der Waals surface area contributed by atoms with E-state index < -0.39 is 35.5 Å². The molecule has 0 spiro atoms. The van der Waals surface area contributed by atoms with E-state index in [1.54, 1.807) is 23.6 Å². The molecule has 280 valence electrons. The molecule has 15 heteroatoms. The summed E-state index contributed by atoms with van der Waals surface area (Å²) in [5, 5.41) is 17.6. The molecule has 8 rings (SSSR count). The van der Waals surface area contributed by atoms with Crippen molar-refractivity contribution in [3.63, 3.8) is 0 Å². The molecule has 0 bridgehead atoms. The number of anilines is 3. The lowest BCUT2D eigenvalue weighted by molar-refractivity contribution is -0.121. The summed E-state index contributed by atoms with van der Waals surface area (Å²) in [5.74, 6) is -2.74. The lowest BCUT2D eigenvalue weighted by Gasteiger charge is -2.36. The van der Waals surface area contributed by atoms with Crippen LogP contribution in [0.3, 0.4) is 0 Å². The normalized spacial score (nSPS) is 16.6. The average Bonchev–Trinajstić information content (AvgIpc) is 3.81. The number of piperazine rings is 1. The van der Waals surface area contributed by atoms with Gasteiger partial charge >= 0.3 is 6.03 Å². The van der Waals surface area contributed by atoms with Crippen molar-refractivity contribution in [1.82, 2.24) is 20.1 Å². The summed E-state index contributed by atoms with van der Waals surface area (Å²) >= 11 is 1.20. The van der Waals surface area contributed by atoms with Crippen LogP contribution in [0.25, 0.3) is 11.1 Å². The molecular weight excluding hydrogens is 729 g/mol. The first kappa shape index (κ1) is 35.8. The van der Waals surface area contributed by atoms with E-state index in [9.17, 15) is 28.7 Å². The summed E-state index contributed by atoms with van der Waals surface area (Å²) in [6, 6.07) is 19.8. The van der Waals surface area contributed by atoms with Gasteiger partial charge in [0.2, 0.25) is 5.91 Å². The SMILES string of the molecule is O=C1CCN(c2ccc(CN3CCN(c4ccc(-c5ccc6c(c5)C(=O)N(C(C(=O)Nc5nccs5)c5cc(F)ccc5O)C6)cc4)CC3)c(F)c2)C(=O)N1. The number of aromatic hydroxyl groups is 1. The number of carbonyl (C=O) groups excluding carboxylic acids is 4. The van der Waals surface area contributed by atoms with E-state index in [2.05, 4.69) is 25.4 Å². The minimum Gasteiger partial charge on any atom is -0.508 e. The Morgan fingerprint density at radius 3 is 2.38 bits per heavy atom. The van der Waals surface area contributed by atoms with Crippen LogP contribution in [-0.2, 0) is 22.7 Å². The van der Waals surface area contributed by atoms with Gasteiger partial charge in [0.15, 0.2) is 5.13 Å². The smallest absolute Gasteiger partial charge is 0.328 e. The molecule has 4 aromatic carbocycles. The first-order valence-electron chi connectivity index (χ1n) is 17.7. The monoisotopic (exact) mass is 763 g/mol. The number of urea groups is 1. The molecule has 2 fully saturated rings. The Labute approximate surface area is 318 Å². The van der Waals surface area contributed by atoms with E-state index in [0.29, 0.717) is 34.1 Å². The van der Waals surface area contributed by atoms with Crippen LogP contribution in [0.2, 0.25) is 0 Å². The van der Waals surface area contributed by atoms with Gasteiger partial charge < -0.3 is 14.9 Å². The highest BCUT2D eigenvalue weighted by molar-refractivity contribution is 7.13. The lowest BCUT2D eigenvalue weighted by Crippen LogP contribution is -2.49. The molecule has 3 N–H and O–H groups in total. The van der Waals surface area contributed by atoms with Crippen molar-refractivity contribution < 1.29 is 33.1 Å². The van der Waals surface area contributed by atoms with Gasteiger partial charge in [-0.05, 0) is 65.2 Å². The van der Waals surface area contributed by atoms with Gasteiger partial charge in [-0.1, -0.05) is 30.3 Å². The van der Waals surface area contributed by atoms with Crippen molar-refractivity contribution >= 4 is 51.6 Å². The average molecular weight is 764 g/mol. The molecule has 12 nitrogen and oxygen atoms in total. The Morgan fingerprint density at radius 1 is 0.891 bits per heavy atom. The fourth-order valence-corrected chi connectivity index (χ4v) is 7.81. The molecule has 3 aliphatic heterocycles. The minimum absolute atomic E-state index is 0.0296. The van der Waals surface area contributed by atoms with Gasteiger partial charge in [0, 0.05) is 91.9 Å². The maximum Gasteiger partial charge on any atom is 0.328 e. The highest BCUT2D eigenvalue weighted by Crippen LogP contribution is 2.38. The molecule has 3 aliphatic rings. The number of amides is 5. The number of nitrogens with zero attached hydrogens (tertiary/aromatic N) is 5. The van der Waals surface area contributed by atoms with Crippen molar-refractivity contribution in [1.29, 1.82) is 0 Å². The molecule has 1 unspecified atom stereocenters. The number of thiazole rings is 1. The van der Waals surface area contributed by atoms with Crippen molar-refractivity contribution in [2.24, 2.45) is 0 Å². The lowest BCUT2D eigenvalue weighted by atomic mass is 10.00. The van der Waals surface area contributed by atoms with Gasteiger partial charge in [0.05, 0.1) is 0 Å². The molecular formula is C40H35F2N7O5S. The number of hydrogen-bond donors (Lipinski definition) is 3. The molecule has 0 saturated carbocycles. The van der Waals surface area contributed by atoms with E-state index >= 15 is 4.39 Å². The van der Waals surface area contributed by atoms with Crippen LogP contribution in [0.1, 0.15) is 39.5 Å². The predicted octanol–water partition coefficient (Wildman–Crippen LogP) is 5.90. The number of halogens is 2. The largest absolute Gasteiger partial charge is 0.508 e. The predicted molar refractivity (Wildman–Crippen MR) is 203 cm³/mol. The van der Waals surface area contributed by atoms with Gasteiger partial charge in [-0.2, -0.15) is 0 Å². The second-order valence-corrected chi connectivity index (χ2v) is 14.5. The zero-order valence-electron chi connectivity index (χ0n) is 29.4. The Morgan fingerprint density at radius 2 is 1.65 bits per heavy atom. The zero-order chi connectivity index (χ0) is 38.2. The number of phenols is 1. The number of imide groups is 1. The highest BCUT2D eigenvalue weighted by atomic mass is 32.1. The van der Waals surface area contributed by atoms with Crippen LogP contribution in [-0.4, -0.2) is 76.4 Å². The van der Waals surface area contributed by atoms with E-state index in [4.69, 9.17) is 0 Å². The van der Waals surface area contributed by atoms with E-state index in [1.165, 1.54) is 33.4 Å². The molecule has 1 aromatic heterocycles. The van der Waals surface area contributed by atoms with E-state index in [-0.39, 0.29) is 36.7 Å². The third-order valence-corrected chi connectivity index (χ3v) is 10.9. The fraction of sp³-hybridized carbons (Fsp3) is 0.225. The van der Waals surface area contributed by atoms with Gasteiger partial charge in [-0.15, -0.1) is 11.3 Å². The number of hydrogen-bond acceptors (Lipinski definition) is 9. The second-order valence-electron chi connectivity index (χ2n) is 13.6. The van der Waals surface area contributed by atoms with E-state index in [0.717, 1.165) is 61.2 Å². The maximum atomic E-state index is 15.1. The number of aromatic nitrogens is 1. The van der Waals surface area contributed by atoms with Crippen LogP contribution in [0.15, 0.2) is 90.4 Å². The first-order valence-corrected chi connectivity index (χ1v) is 18.6. The van der Waals surface area contributed by atoms with Crippen LogP contribution in [0.5, 0.6) is 5.75 Å². The van der Waals surface area contributed by atoms with E-state index in [1.807, 2.05) is 36.4 Å². The first-order chi connectivity index (χ1) is 26.6.